The van der Waals surface area contributed by atoms with Crippen molar-refractivity contribution >= 4 is 17.5 Å². The molecule has 116 valence electrons. The summed E-state index contributed by atoms with van der Waals surface area (Å²) in [7, 11) is 0. The van der Waals surface area contributed by atoms with Gasteiger partial charge in [-0.2, -0.15) is 0 Å². The zero-order valence-electron chi connectivity index (χ0n) is 12.5. The topological polar surface area (TPSA) is 49.3 Å². The Labute approximate surface area is 135 Å². The second-order valence-corrected chi connectivity index (χ2v) is 5.87. The van der Waals surface area contributed by atoms with Crippen molar-refractivity contribution in [3.8, 4) is 0 Å². The summed E-state index contributed by atoms with van der Waals surface area (Å²) in [5.74, 6) is -0.0740. The van der Waals surface area contributed by atoms with Crippen LogP contribution < -0.4 is 5.32 Å². The fourth-order valence-corrected chi connectivity index (χ4v) is 2.58. The smallest absolute Gasteiger partial charge is 0.224 e. The van der Waals surface area contributed by atoms with Crippen LogP contribution in [0.4, 0.5) is 0 Å². The second-order valence-electron chi connectivity index (χ2n) is 5.44. The van der Waals surface area contributed by atoms with Gasteiger partial charge in [0.05, 0.1) is 12.5 Å². The third kappa shape index (κ3) is 5.17. The first-order valence-electron chi connectivity index (χ1n) is 7.31. The van der Waals surface area contributed by atoms with Crippen LogP contribution in [0.1, 0.15) is 30.6 Å². The van der Waals surface area contributed by atoms with Crippen molar-refractivity contribution < 1.29 is 9.90 Å². The van der Waals surface area contributed by atoms with Gasteiger partial charge in [0.15, 0.2) is 0 Å². The van der Waals surface area contributed by atoms with E-state index in [1.807, 2.05) is 49.4 Å². The minimum absolute atomic E-state index is 0.0740. The molecule has 0 spiro atoms. The van der Waals surface area contributed by atoms with Crippen molar-refractivity contribution in [1.82, 2.24) is 5.32 Å². The first-order valence-corrected chi connectivity index (χ1v) is 7.69. The number of benzene rings is 2. The number of carbonyl (C=O) groups excluding carboxylic acids is 1. The van der Waals surface area contributed by atoms with E-state index in [2.05, 4.69) is 5.32 Å². The molecule has 0 saturated heterocycles. The Morgan fingerprint density at radius 1 is 1.18 bits per heavy atom. The summed E-state index contributed by atoms with van der Waals surface area (Å²) < 4.78 is 0. The van der Waals surface area contributed by atoms with Crippen molar-refractivity contribution in [2.45, 2.75) is 31.9 Å². The van der Waals surface area contributed by atoms with E-state index in [1.165, 1.54) is 0 Å². The monoisotopic (exact) mass is 317 g/mol. The minimum atomic E-state index is -0.581. The number of nitrogens with one attached hydrogen (secondary N) is 1. The van der Waals surface area contributed by atoms with Gasteiger partial charge in [-0.05, 0) is 36.6 Å². The van der Waals surface area contributed by atoms with Crippen molar-refractivity contribution in [3.05, 3.63) is 70.7 Å². The van der Waals surface area contributed by atoms with Crippen LogP contribution in [-0.4, -0.2) is 17.1 Å². The number of amides is 1. The van der Waals surface area contributed by atoms with Crippen molar-refractivity contribution in [2.75, 3.05) is 0 Å². The Balaban J connectivity index is 1.83. The summed E-state index contributed by atoms with van der Waals surface area (Å²) in [5.41, 5.74) is 1.74. The average Bonchev–Trinajstić information content (AvgIpc) is 2.47. The number of halogens is 1. The minimum Gasteiger partial charge on any atom is -0.388 e. The maximum atomic E-state index is 12.0. The molecule has 0 heterocycles. The Kier molecular flexibility index (Phi) is 5.99. The predicted molar refractivity (Wildman–Crippen MR) is 88.8 cm³/mol. The van der Waals surface area contributed by atoms with E-state index < -0.39 is 6.10 Å². The van der Waals surface area contributed by atoms with E-state index in [1.54, 1.807) is 12.1 Å². The van der Waals surface area contributed by atoms with E-state index >= 15 is 0 Å². The molecule has 2 atom stereocenters. The first-order chi connectivity index (χ1) is 10.5. The van der Waals surface area contributed by atoms with Crippen molar-refractivity contribution in [1.29, 1.82) is 0 Å². The molecule has 2 N–H and O–H groups in total. The lowest BCUT2D eigenvalue weighted by atomic mass is 10.0. The van der Waals surface area contributed by atoms with Gasteiger partial charge in [0.25, 0.3) is 0 Å². The molecule has 3 nitrogen and oxygen atoms in total. The van der Waals surface area contributed by atoms with Gasteiger partial charge in [-0.1, -0.05) is 54.1 Å². The van der Waals surface area contributed by atoms with E-state index in [4.69, 9.17) is 11.6 Å². The van der Waals surface area contributed by atoms with Crippen LogP contribution in [0.2, 0.25) is 5.02 Å². The molecule has 1 amide bonds. The molecule has 0 fully saturated rings. The highest BCUT2D eigenvalue weighted by atomic mass is 35.5. The molecule has 0 aliphatic heterocycles. The SMILES string of the molecule is CC(CC(O)c1ccccc1)NC(=O)Cc1cccc(Cl)c1. The maximum Gasteiger partial charge on any atom is 0.224 e. The first kappa shape index (κ1) is 16.5. The fraction of sp³-hybridized carbons (Fsp3) is 0.278. The van der Waals surface area contributed by atoms with E-state index in [0.29, 0.717) is 11.4 Å². The number of hydrogen-bond acceptors (Lipinski definition) is 2. The van der Waals surface area contributed by atoms with Gasteiger partial charge in [0.2, 0.25) is 5.91 Å². The molecule has 0 bridgehead atoms. The molecule has 0 aromatic heterocycles. The molecular weight excluding hydrogens is 298 g/mol. The van der Waals surface area contributed by atoms with Crippen LogP contribution in [0.3, 0.4) is 0 Å². The third-order valence-corrected chi connectivity index (χ3v) is 3.66. The van der Waals surface area contributed by atoms with E-state index in [9.17, 15) is 9.90 Å². The van der Waals surface area contributed by atoms with Gasteiger partial charge >= 0.3 is 0 Å². The van der Waals surface area contributed by atoms with Gasteiger partial charge in [-0.15, -0.1) is 0 Å². The Bertz CT molecular complexity index is 615. The molecular formula is C18H20ClNO2. The lowest BCUT2D eigenvalue weighted by molar-refractivity contribution is -0.121. The summed E-state index contributed by atoms with van der Waals surface area (Å²) in [6.45, 7) is 1.89. The maximum absolute atomic E-state index is 12.0. The van der Waals surface area contributed by atoms with Crippen LogP contribution in [0.25, 0.3) is 0 Å². The highest BCUT2D eigenvalue weighted by Gasteiger charge is 2.14. The second kappa shape index (κ2) is 7.97. The highest BCUT2D eigenvalue weighted by Crippen LogP contribution is 2.18. The summed E-state index contributed by atoms with van der Waals surface area (Å²) in [6, 6.07) is 16.6. The van der Waals surface area contributed by atoms with Crippen LogP contribution in [0.15, 0.2) is 54.6 Å². The summed E-state index contributed by atoms with van der Waals surface area (Å²) in [4.78, 5) is 12.0. The lowest BCUT2D eigenvalue weighted by Crippen LogP contribution is -2.34. The predicted octanol–water partition coefficient (Wildman–Crippen LogP) is 3.51. The van der Waals surface area contributed by atoms with E-state index in [-0.39, 0.29) is 18.4 Å². The van der Waals surface area contributed by atoms with Gasteiger partial charge in [0, 0.05) is 11.1 Å². The Hall–Kier alpha value is -1.84. The van der Waals surface area contributed by atoms with Crippen molar-refractivity contribution in [3.63, 3.8) is 0 Å². The average molecular weight is 318 g/mol. The molecule has 2 unspecified atom stereocenters. The Morgan fingerprint density at radius 3 is 2.59 bits per heavy atom. The van der Waals surface area contributed by atoms with Gasteiger partial charge in [-0.25, -0.2) is 0 Å². The largest absolute Gasteiger partial charge is 0.388 e. The zero-order valence-corrected chi connectivity index (χ0v) is 13.3. The number of aliphatic hydroxyl groups is 1. The number of rotatable bonds is 6. The van der Waals surface area contributed by atoms with Gasteiger partial charge in [-0.3, -0.25) is 4.79 Å². The summed E-state index contributed by atoms with van der Waals surface area (Å²) >= 11 is 5.91. The molecule has 0 aliphatic rings. The molecule has 2 rings (SSSR count). The molecule has 22 heavy (non-hydrogen) atoms. The molecule has 0 aliphatic carbocycles. The summed E-state index contributed by atoms with van der Waals surface area (Å²) in [6.07, 6.45) is 0.181. The van der Waals surface area contributed by atoms with E-state index in [0.717, 1.165) is 11.1 Å². The standard InChI is InChI=1S/C18H20ClNO2/c1-13(10-17(21)15-7-3-2-4-8-15)20-18(22)12-14-6-5-9-16(19)11-14/h2-9,11,13,17,21H,10,12H2,1H3,(H,20,22). The van der Waals surface area contributed by atoms with Crippen LogP contribution in [0.5, 0.6) is 0 Å². The molecule has 0 radical (unpaired) electrons. The third-order valence-electron chi connectivity index (χ3n) is 3.42. The van der Waals surface area contributed by atoms with Crippen LogP contribution in [-0.2, 0) is 11.2 Å². The summed E-state index contributed by atoms with van der Waals surface area (Å²) in [5, 5.41) is 13.7. The fourth-order valence-electron chi connectivity index (χ4n) is 2.36. The highest BCUT2D eigenvalue weighted by molar-refractivity contribution is 6.30. The number of aliphatic hydroxyl groups excluding tert-OH is 1. The Morgan fingerprint density at radius 2 is 1.91 bits per heavy atom. The van der Waals surface area contributed by atoms with Gasteiger partial charge < -0.3 is 10.4 Å². The zero-order chi connectivity index (χ0) is 15.9. The number of hydrogen-bond donors (Lipinski definition) is 2. The van der Waals surface area contributed by atoms with Crippen LogP contribution >= 0.6 is 11.6 Å². The quantitative estimate of drug-likeness (QED) is 0.856. The molecule has 4 heteroatoms. The van der Waals surface area contributed by atoms with Crippen LogP contribution in [0, 0.1) is 0 Å². The number of carbonyl (C=O) groups is 1. The van der Waals surface area contributed by atoms with Crippen molar-refractivity contribution in [2.24, 2.45) is 0 Å². The molecule has 2 aromatic rings. The lowest BCUT2D eigenvalue weighted by Gasteiger charge is -2.18. The molecule has 2 aromatic carbocycles. The normalized spacial score (nSPS) is 13.4. The molecule has 0 saturated carbocycles. The van der Waals surface area contributed by atoms with Gasteiger partial charge in [0.1, 0.15) is 0 Å².